The Bertz CT molecular complexity index is 896. The molecule has 2 nitrogen and oxygen atoms in total. The largest absolute Gasteiger partial charge is 0.486 e. The van der Waals surface area contributed by atoms with Crippen molar-refractivity contribution in [1.82, 2.24) is 0 Å². The molecule has 0 saturated carbocycles. The van der Waals surface area contributed by atoms with Gasteiger partial charge in [-0.2, -0.15) is 0 Å². The van der Waals surface area contributed by atoms with Crippen molar-refractivity contribution < 1.29 is 9.84 Å². The first kappa shape index (κ1) is 21.1. The third kappa shape index (κ3) is 5.48. The molecule has 0 fully saturated rings. The molecular formula is C27H32O2. The van der Waals surface area contributed by atoms with E-state index in [1.807, 2.05) is 18.2 Å². The van der Waals surface area contributed by atoms with E-state index in [9.17, 15) is 5.11 Å². The number of rotatable bonds is 8. The molecule has 1 unspecified atom stereocenters. The number of hydrogen-bond acceptors (Lipinski definition) is 2. The molecule has 0 aromatic heterocycles. The summed E-state index contributed by atoms with van der Waals surface area (Å²) in [4.78, 5) is 0. The average molecular weight is 389 g/mol. The van der Waals surface area contributed by atoms with Crippen LogP contribution in [-0.4, -0.2) is 5.11 Å². The smallest absolute Gasteiger partial charge is 0.124 e. The second-order valence-electron chi connectivity index (χ2n) is 8.40. The number of benzene rings is 3. The van der Waals surface area contributed by atoms with Gasteiger partial charge in [-0.15, -0.1) is 0 Å². The van der Waals surface area contributed by atoms with E-state index >= 15 is 0 Å². The summed E-state index contributed by atoms with van der Waals surface area (Å²) < 4.78 is 6.38. The van der Waals surface area contributed by atoms with Gasteiger partial charge in [0.05, 0.1) is 6.61 Å². The molecule has 3 aromatic rings. The fourth-order valence-corrected chi connectivity index (χ4v) is 3.62. The third-order valence-corrected chi connectivity index (χ3v) is 5.27. The van der Waals surface area contributed by atoms with Gasteiger partial charge in [0.15, 0.2) is 0 Å². The van der Waals surface area contributed by atoms with Crippen LogP contribution in [0.4, 0.5) is 0 Å². The molecule has 152 valence electrons. The normalized spacial score (nSPS) is 12.4. The summed E-state index contributed by atoms with van der Waals surface area (Å²) in [6.45, 7) is 8.80. The topological polar surface area (TPSA) is 29.5 Å². The van der Waals surface area contributed by atoms with Crippen LogP contribution in [-0.2, 0) is 6.61 Å². The first-order chi connectivity index (χ1) is 14.0. The van der Waals surface area contributed by atoms with E-state index in [-0.39, 0.29) is 12.7 Å². The van der Waals surface area contributed by atoms with Gasteiger partial charge in [-0.3, -0.25) is 0 Å². The maximum atomic E-state index is 9.99. The van der Waals surface area contributed by atoms with Crippen LogP contribution in [0.3, 0.4) is 0 Å². The SMILES string of the molecule is CC(C)CC(Oc1ccc(-c2ccc(C(C)C)cc2)c(CO)c1)c1ccccc1. The van der Waals surface area contributed by atoms with Crippen molar-refractivity contribution in [2.24, 2.45) is 5.92 Å². The lowest BCUT2D eigenvalue weighted by Gasteiger charge is -2.22. The van der Waals surface area contributed by atoms with Crippen molar-refractivity contribution in [3.8, 4) is 16.9 Å². The van der Waals surface area contributed by atoms with Crippen LogP contribution >= 0.6 is 0 Å². The van der Waals surface area contributed by atoms with Crippen LogP contribution in [0.15, 0.2) is 72.8 Å². The molecule has 1 atom stereocenters. The van der Waals surface area contributed by atoms with Gasteiger partial charge in [0.2, 0.25) is 0 Å². The van der Waals surface area contributed by atoms with Gasteiger partial charge in [-0.05, 0) is 58.2 Å². The minimum Gasteiger partial charge on any atom is -0.486 e. The van der Waals surface area contributed by atoms with E-state index in [1.54, 1.807) is 0 Å². The number of aliphatic hydroxyl groups excluding tert-OH is 1. The maximum Gasteiger partial charge on any atom is 0.124 e. The summed E-state index contributed by atoms with van der Waals surface area (Å²) in [7, 11) is 0. The number of hydrogen-bond donors (Lipinski definition) is 1. The lowest BCUT2D eigenvalue weighted by atomic mass is 9.96. The van der Waals surface area contributed by atoms with Crippen molar-refractivity contribution in [1.29, 1.82) is 0 Å². The molecule has 0 heterocycles. The predicted octanol–water partition coefficient (Wildman–Crippen LogP) is 7.14. The third-order valence-electron chi connectivity index (χ3n) is 5.27. The molecule has 3 rings (SSSR count). The molecule has 0 aliphatic carbocycles. The van der Waals surface area contributed by atoms with Crippen molar-refractivity contribution in [3.05, 3.63) is 89.5 Å². The zero-order chi connectivity index (χ0) is 20.8. The van der Waals surface area contributed by atoms with Gasteiger partial charge in [0, 0.05) is 0 Å². The van der Waals surface area contributed by atoms with Gasteiger partial charge in [-0.25, -0.2) is 0 Å². The summed E-state index contributed by atoms with van der Waals surface area (Å²) in [5.41, 5.74) is 5.55. The van der Waals surface area contributed by atoms with Crippen molar-refractivity contribution >= 4 is 0 Å². The van der Waals surface area contributed by atoms with Crippen molar-refractivity contribution in [3.63, 3.8) is 0 Å². The van der Waals surface area contributed by atoms with Crippen LogP contribution < -0.4 is 4.74 Å². The molecule has 29 heavy (non-hydrogen) atoms. The fraction of sp³-hybridized carbons (Fsp3) is 0.333. The Hall–Kier alpha value is -2.58. The quantitative estimate of drug-likeness (QED) is 0.444. The molecule has 0 spiro atoms. The fourth-order valence-electron chi connectivity index (χ4n) is 3.62. The molecule has 2 heteroatoms. The highest BCUT2D eigenvalue weighted by atomic mass is 16.5. The molecule has 0 aliphatic heterocycles. The second kappa shape index (κ2) is 9.76. The Morgan fingerprint density at radius 3 is 2.07 bits per heavy atom. The molecule has 0 saturated heterocycles. The zero-order valence-electron chi connectivity index (χ0n) is 17.9. The van der Waals surface area contributed by atoms with Gasteiger partial charge in [-0.1, -0.05) is 88.4 Å². The molecule has 3 aromatic carbocycles. The highest BCUT2D eigenvalue weighted by molar-refractivity contribution is 5.68. The molecule has 0 amide bonds. The highest BCUT2D eigenvalue weighted by Crippen LogP contribution is 2.32. The Morgan fingerprint density at radius 1 is 0.793 bits per heavy atom. The first-order valence-electron chi connectivity index (χ1n) is 10.5. The van der Waals surface area contributed by atoms with Gasteiger partial charge >= 0.3 is 0 Å². The minimum atomic E-state index is -0.0152. The van der Waals surface area contributed by atoms with Crippen LogP contribution in [0, 0.1) is 5.92 Å². The molecule has 0 radical (unpaired) electrons. The molecule has 1 N–H and O–H groups in total. The second-order valence-corrected chi connectivity index (χ2v) is 8.40. The Labute approximate surface area is 175 Å². The van der Waals surface area contributed by atoms with Gasteiger partial charge in [0.1, 0.15) is 11.9 Å². The first-order valence-corrected chi connectivity index (χ1v) is 10.5. The van der Waals surface area contributed by atoms with Crippen LogP contribution in [0.5, 0.6) is 5.75 Å². The highest BCUT2D eigenvalue weighted by Gasteiger charge is 2.16. The number of ether oxygens (including phenoxy) is 1. The minimum absolute atomic E-state index is 0.00100. The summed E-state index contributed by atoms with van der Waals surface area (Å²) in [6.07, 6.45) is 0.940. The van der Waals surface area contributed by atoms with Crippen LogP contribution in [0.1, 0.15) is 62.8 Å². The van der Waals surface area contributed by atoms with Gasteiger partial charge < -0.3 is 9.84 Å². The van der Waals surface area contributed by atoms with E-state index in [2.05, 4.69) is 82.3 Å². The van der Waals surface area contributed by atoms with Crippen molar-refractivity contribution in [2.75, 3.05) is 0 Å². The summed E-state index contributed by atoms with van der Waals surface area (Å²) in [5.74, 6) is 1.83. The Morgan fingerprint density at radius 2 is 1.48 bits per heavy atom. The summed E-state index contributed by atoms with van der Waals surface area (Å²) >= 11 is 0. The van der Waals surface area contributed by atoms with Crippen molar-refractivity contribution in [2.45, 2.75) is 52.7 Å². The predicted molar refractivity (Wildman–Crippen MR) is 121 cm³/mol. The van der Waals surface area contributed by atoms with Crippen LogP contribution in [0.25, 0.3) is 11.1 Å². The Kier molecular flexibility index (Phi) is 7.11. The standard InChI is InChI=1S/C27H32O2/c1-19(2)16-27(23-8-6-5-7-9-23)29-25-14-15-26(24(17-25)18-28)22-12-10-21(11-13-22)20(3)4/h5-15,17,19-20,27-28H,16,18H2,1-4H3. The summed E-state index contributed by atoms with van der Waals surface area (Å²) in [5, 5.41) is 9.99. The van der Waals surface area contributed by atoms with E-state index in [1.165, 1.54) is 11.1 Å². The van der Waals surface area contributed by atoms with Gasteiger partial charge in [0.25, 0.3) is 0 Å². The maximum absolute atomic E-state index is 9.99. The van der Waals surface area contributed by atoms with Crippen LogP contribution in [0.2, 0.25) is 0 Å². The number of aliphatic hydroxyl groups is 1. The van der Waals surface area contributed by atoms with E-state index in [4.69, 9.17) is 4.74 Å². The van der Waals surface area contributed by atoms with E-state index < -0.39 is 0 Å². The zero-order valence-corrected chi connectivity index (χ0v) is 17.9. The van der Waals surface area contributed by atoms with E-state index in [0.717, 1.165) is 28.9 Å². The average Bonchev–Trinajstić information content (AvgIpc) is 2.73. The molecule has 0 bridgehead atoms. The molecule has 0 aliphatic rings. The molecular weight excluding hydrogens is 356 g/mol. The monoisotopic (exact) mass is 388 g/mol. The lowest BCUT2D eigenvalue weighted by molar-refractivity contribution is 0.176. The van der Waals surface area contributed by atoms with E-state index in [0.29, 0.717) is 11.8 Å². The summed E-state index contributed by atoms with van der Waals surface area (Å²) in [6, 6.07) is 25.0. The lowest BCUT2D eigenvalue weighted by Crippen LogP contribution is -2.11. The Balaban J connectivity index is 1.87.